The molecule has 36 heavy (non-hydrogen) atoms. The first kappa shape index (κ1) is 21.7. The Morgan fingerprint density at radius 2 is 1.94 bits per heavy atom. The summed E-state index contributed by atoms with van der Waals surface area (Å²) in [5, 5.41) is 11.5. The third kappa shape index (κ3) is 3.87. The van der Waals surface area contributed by atoms with E-state index >= 15 is 0 Å². The number of amides is 2. The average Bonchev–Trinajstić information content (AvgIpc) is 3.84. The van der Waals surface area contributed by atoms with Gasteiger partial charge in [-0.3, -0.25) is 9.59 Å². The van der Waals surface area contributed by atoms with Crippen molar-refractivity contribution in [2.24, 2.45) is 4.99 Å². The van der Waals surface area contributed by atoms with Crippen LogP contribution in [0.25, 0.3) is 10.4 Å². The summed E-state index contributed by atoms with van der Waals surface area (Å²) in [5.41, 5.74) is 4.26. The van der Waals surface area contributed by atoms with Crippen LogP contribution < -0.4 is 10.2 Å². The summed E-state index contributed by atoms with van der Waals surface area (Å²) < 4.78 is 2.10. The molecule has 0 radical (unpaired) electrons. The van der Waals surface area contributed by atoms with E-state index in [1.807, 2.05) is 41.3 Å². The number of hydrogen-bond acceptors (Lipinski definition) is 6. The van der Waals surface area contributed by atoms with E-state index in [9.17, 15) is 9.59 Å². The molecule has 2 aromatic heterocycles. The highest BCUT2D eigenvalue weighted by molar-refractivity contribution is 7.17. The van der Waals surface area contributed by atoms with E-state index < -0.39 is 0 Å². The van der Waals surface area contributed by atoms with Gasteiger partial charge in [-0.25, -0.2) is 4.99 Å². The second-order valence-electron chi connectivity index (χ2n) is 9.92. The number of carbonyl (C=O) groups excluding carboxylic acids is 2. The lowest BCUT2D eigenvalue weighted by Gasteiger charge is -2.24. The van der Waals surface area contributed by atoms with Gasteiger partial charge in [-0.2, -0.15) is 0 Å². The topological polar surface area (TPSA) is 92.5 Å². The number of nitrogens with zero attached hydrogens (tertiary/aromatic N) is 5. The Morgan fingerprint density at radius 1 is 1.08 bits per heavy atom. The van der Waals surface area contributed by atoms with Crippen LogP contribution in [-0.4, -0.2) is 44.9 Å². The SMILES string of the molecule is O=C(NC1CC1)c1cc2c(s1)-c1ccccc1N(C(=O)C1=CCCC(c3nncn3C3CC3)=N1)CC2. The second-order valence-corrected chi connectivity index (χ2v) is 11.0. The van der Waals surface area contributed by atoms with Crippen molar-refractivity contribution in [3.63, 3.8) is 0 Å². The normalized spacial score (nSPS) is 19.1. The molecule has 1 N–H and O–H groups in total. The summed E-state index contributed by atoms with van der Waals surface area (Å²) in [6.45, 7) is 0.531. The number of anilines is 1. The van der Waals surface area contributed by atoms with Crippen LogP contribution in [0.5, 0.6) is 0 Å². The second kappa shape index (κ2) is 8.51. The smallest absolute Gasteiger partial charge is 0.276 e. The summed E-state index contributed by atoms with van der Waals surface area (Å²) in [5.74, 6) is 0.694. The quantitative estimate of drug-likeness (QED) is 0.568. The van der Waals surface area contributed by atoms with Gasteiger partial charge < -0.3 is 14.8 Å². The number of benzene rings is 1. The van der Waals surface area contributed by atoms with E-state index in [-0.39, 0.29) is 11.8 Å². The molecular weight excluding hydrogens is 472 g/mol. The molecule has 0 spiro atoms. The lowest BCUT2D eigenvalue weighted by atomic mass is 10.1. The number of para-hydroxylation sites is 1. The Kier molecular flexibility index (Phi) is 5.13. The molecule has 2 saturated carbocycles. The molecule has 8 nitrogen and oxygen atoms in total. The first-order chi connectivity index (χ1) is 17.7. The maximum Gasteiger partial charge on any atom is 0.276 e. The van der Waals surface area contributed by atoms with Gasteiger partial charge in [-0.15, -0.1) is 21.5 Å². The Balaban J connectivity index is 1.20. The standard InChI is InChI=1S/C27H26N6O2S/c34-26(29-17-8-9-17)23-14-16-12-13-32(22-7-2-1-4-19(22)24(16)36-23)27(35)21-6-3-5-20(30-21)25-31-28-15-33(25)18-10-11-18/h1-2,4,6-7,14-15,17-18H,3,5,8-13H2,(H,29,34). The van der Waals surface area contributed by atoms with Crippen molar-refractivity contribution in [3.8, 4) is 10.4 Å². The van der Waals surface area contributed by atoms with Crippen molar-refractivity contribution in [2.75, 3.05) is 11.4 Å². The fraction of sp³-hybridized carbons (Fsp3) is 0.370. The minimum atomic E-state index is -0.0982. The van der Waals surface area contributed by atoms with Crippen LogP contribution in [0.15, 0.2) is 53.4 Å². The number of aliphatic imine (C=N–C) groups is 1. The summed E-state index contributed by atoms with van der Waals surface area (Å²) in [7, 11) is 0. The highest BCUT2D eigenvalue weighted by atomic mass is 32.1. The summed E-state index contributed by atoms with van der Waals surface area (Å²) in [4.78, 5) is 35.0. The zero-order chi connectivity index (χ0) is 24.2. The third-order valence-electron chi connectivity index (χ3n) is 7.20. The molecule has 2 aliphatic heterocycles. The molecule has 0 bridgehead atoms. The van der Waals surface area contributed by atoms with Crippen LogP contribution in [-0.2, 0) is 11.2 Å². The van der Waals surface area contributed by atoms with Crippen LogP contribution in [0.1, 0.15) is 65.6 Å². The van der Waals surface area contributed by atoms with Crippen LogP contribution in [0.2, 0.25) is 0 Å². The summed E-state index contributed by atoms with van der Waals surface area (Å²) in [6, 6.07) is 10.8. The lowest BCUT2D eigenvalue weighted by Crippen LogP contribution is -2.34. The van der Waals surface area contributed by atoms with Crippen molar-refractivity contribution >= 4 is 34.6 Å². The third-order valence-corrected chi connectivity index (χ3v) is 8.41. The van der Waals surface area contributed by atoms with Crippen LogP contribution >= 0.6 is 11.3 Å². The van der Waals surface area contributed by atoms with E-state index in [2.05, 4.69) is 20.1 Å². The number of allylic oxidation sites excluding steroid dienone is 1. The number of hydrogen-bond donors (Lipinski definition) is 1. The van der Waals surface area contributed by atoms with Crippen LogP contribution in [0.3, 0.4) is 0 Å². The van der Waals surface area contributed by atoms with Crippen LogP contribution in [0, 0.1) is 0 Å². The molecule has 2 aliphatic carbocycles. The Labute approximate surface area is 212 Å². The first-order valence-corrected chi connectivity index (χ1v) is 13.5. The van der Waals surface area contributed by atoms with Gasteiger partial charge in [0.25, 0.3) is 11.8 Å². The number of carbonyl (C=O) groups is 2. The molecule has 0 unspecified atom stereocenters. The van der Waals surface area contributed by atoms with Gasteiger partial charge in [0.15, 0.2) is 5.82 Å². The predicted molar refractivity (Wildman–Crippen MR) is 138 cm³/mol. The largest absolute Gasteiger partial charge is 0.349 e. The van der Waals surface area contributed by atoms with Gasteiger partial charge in [-0.05, 0) is 62.6 Å². The molecule has 0 atom stereocenters. The minimum Gasteiger partial charge on any atom is -0.349 e. The number of nitrogens with one attached hydrogen (secondary N) is 1. The molecule has 4 heterocycles. The molecule has 9 heteroatoms. The van der Waals surface area contributed by atoms with Crippen molar-refractivity contribution < 1.29 is 9.59 Å². The Morgan fingerprint density at radius 3 is 2.78 bits per heavy atom. The van der Waals surface area contributed by atoms with E-state index in [0.29, 0.717) is 30.7 Å². The zero-order valence-electron chi connectivity index (χ0n) is 19.8. The number of thiophene rings is 1. The average molecular weight is 499 g/mol. The van der Waals surface area contributed by atoms with Gasteiger partial charge in [0, 0.05) is 29.1 Å². The molecular formula is C27H26N6O2S. The van der Waals surface area contributed by atoms with E-state index in [1.165, 1.54) is 11.3 Å². The van der Waals surface area contributed by atoms with Crippen molar-refractivity contribution in [2.45, 2.75) is 57.0 Å². The van der Waals surface area contributed by atoms with Gasteiger partial charge in [0.05, 0.1) is 16.3 Å². The number of aromatic nitrogens is 3. The summed E-state index contributed by atoms with van der Waals surface area (Å²) >= 11 is 1.52. The fourth-order valence-electron chi connectivity index (χ4n) is 5.00. The number of fused-ring (bicyclic) bond motifs is 3. The molecule has 1 aromatic carbocycles. The van der Waals surface area contributed by atoms with Crippen LogP contribution in [0.4, 0.5) is 5.69 Å². The molecule has 2 amide bonds. The van der Waals surface area contributed by atoms with E-state index in [4.69, 9.17) is 4.99 Å². The van der Waals surface area contributed by atoms with Gasteiger partial charge in [0.2, 0.25) is 0 Å². The minimum absolute atomic E-state index is 0.00858. The van der Waals surface area contributed by atoms with Crippen molar-refractivity contribution in [3.05, 3.63) is 64.7 Å². The Hall–Kier alpha value is -3.59. The fourth-order valence-corrected chi connectivity index (χ4v) is 6.15. The number of rotatable bonds is 5. The Bertz CT molecular complexity index is 1440. The highest BCUT2D eigenvalue weighted by Gasteiger charge is 2.32. The molecule has 0 saturated heterocycles. The highest BCUT2D eigenvalue weighted by Crippen LogP contribution is 2.42. The van der Waals surface area contributed by atoms with Gasteiger partial charge >= 0.3 is 0 Å². The van der Waals surface area contributed by atoms with E-state index in [0.717, 1.165) is 76.6 Å². The maximum absolute atomic E-state index is 13.8. The maximum atomic E-state index is 13.8. The summed E-state index contributed by atoms with van der Waals surface area (Å²) in [6.07, 6.45) is 10.3. The van der Waals surface area contributed by atoms with Crippen molar-refractivity contribution in [1.82, 2.24) is 20.1 Å². The molecule has 182 valence electrons. The molecule has 2 fully saturated rings. The van der Waals surface area contributed by atoms with Crippen molar-refractivity contribution in [1.29, 1.82) is 0 Å². The predicted octanol–water partition coefficient (Wildman–Crippen LogP) is 4.29. The lowest BCUT2D eigenvalue weighted by molar-refractivity contribution is -0.115. The van der Waals surface area contributed by atoms with E-state index in [1.54, 1.807) is 6.33 Å². The van der Waals surface area contributed by atoms with Gasteiger partial charge in [-0.1, -0.05) is 24.3 Å². The monoisotopic (exact) mass is 498 g/mol. The molecule has 7 rings (SSSR count). The first-order valence-electron chi connectivity index (χ1n) is 12.7. The molecule has 4 aliphatic rings. The molecule has 3 aromatic rings. The zero-order valence-corrected chi connectivity index (χ0v) is 20.6. The van der Waals surface area contributed by atoms with Gasteiger partial charge in [0.1, 0.15) is 12.0 Å².